The summed E-state index contributed by atoms with van der Waals surface area (Å²) in [5.41, 5.74) is 0. The average Bonchev–Trinajstić information content (AvgIpc) is 2.24. The van der Waals surface area contributed by atoms with Crippen molar-refractivity contribution in [3.63, 3.8) is 0 Å². The number of carboxylic acid groups (broad SMARTS) is 1. The minimum atomic E-state index is -3.28. The summed E-state index contributed by atoms with van der Waals surface area (Å²) in [6.07, 6.45) is -1.15. The Balaban J connectivity index is 2.78. The van der Waals surface area contributed by atoms with E-state index < -0.39 is 33.8 Å². The molecule has 0 aliphatic carbocycles. The van der Waals surface area contributed by atoms with Crippen LogP contribution >= 0.6 is 0 Å². The zero-order valence-corrected chi connectivity index (χ0v) is 8.63. The zero-order chi connectivity index (χ0) is 10.9. The Kier molecular flexibility index (Phi) is 3.14. The number of rotatable bonds is 3. The maximum atomic E-state index is 12.7. The smallest absolute Gasteiger partial charge is 0.307 e. The fourth-order valence-electron chi connectivity index (χ4n) is 1.84. The number of hydrogen-bond donors (Lipinski definition) is 1. The van der Waals surface area contributed by atoms with Crippen LogP contribution in [0.1, 0.15) is 13.3 Å². The molecular formula is C8H13FO4S. The summed E-state index contributed by atoms with van der Waals surface area (Å²) in [4.78, 5) is 10.7. The van der Waals surface area contributed by atoms with Crippen LogP contribution in [-0.4, -0.2) is 37.2 Å². The Morgan fingerprint density at radius 3 is 2.57 bits per heavy atom. The molecule has 0 aromatic heterocycles. The summed E-state index contributed by atoms with van der Waals surface area (Å²) >= 11 is 0. The van der Waals surface area contributed by atoms with Crippen molar-refractivity contribution in [3.8, 4) is 0 Å². The van der Waals surface area contributed by atoms with Gasteiger partial charge in [0.15, 0.2) is 9.84 Å². The molecule has 6 heteroatoms. The molecule has 1 saturated heterocycles. The fraction of sp³-hybridized carbons (Fsp3) is 0.875. The molecule has 14 heavy (non-hydrogen) atoms. The second kappa shape index (κ2) is 3.84. The molecule has 1 fully saturated rings. The van der Waals surface area contributed by atoms with Gasteiger partial charge in [-0.05, 0) is 19.3 Å². The van der Waals surface area contributed by atoms with Gasteiger partial charge < -0.3 is 5.11 Å². The minimum Gasteiger partial charge on any atom is -0.481 e. The first-order chi connectivity index (χ1) is 6.32. The van der Waals surface area contributed by atoms with Gasteiger partial charge in [0.1, 0.15) is 0 Å². The highest BCUT2D eigenvalue weighted by Gasteiger charge is 2.42. The Bertz CT molecular complexity index is 322. The molecule has 1 heterocycles. The Labute approximate surface area is 82.0 Å². The first kappa shape index (κ1) is 11.4. The molecule has 1 aliphatic rings. The highest BCUT2D eigenvalue weighted by atomic mass is 32.2. The molecule has 1 rings (SSSR count). The Morgan fingerprint density at radius 1 is 1.57 bits per heavy atom. The molecule has 0 spiro atoms. The van der Waals surface area contributed by atoms with Gasteiger partial charge in [-0.3, -0.25) is 4.79 Å². The maximum Gasteiger partial charge on any atom is 0.307 e. The quantitative estimate of drug-likeness (QED) is 0.756. The lowest BCUT2D eigenvalue weighted by Crippen LogP contribution is -2.23. The lowest BCUT2D eigenvalue weighted by Gasteiger charge is -2.13. The van der Waals surface area contributed by atoms with Crippen molar-refractivity contribution in [2.45, 2.75) is 19.5 Å². The first-order valence-corrected chi connectivity index (χ1v) is 6.21. The number of hydrogen-bond acceptors (Lipinski definition) is 3. The summed E-state index contributed by atoms with van der Waals surface area (Å²) in [6, 6.07) is 0. The van der Waals surface area contributed by atoms with Crippen LogP contribution in [0.4, 0.5) is 4.39 Å². The van der Waals surface area contributed by atoms with Crippen molar-refractivity contribution < 1.29 is 22.7 Å². The van der Waals surface area contributed by atoms with E-state index in [4.69, 9.17) is 5.11 Å². The number of aliphatic carboxylic acids is 1. The monoisotopic (exact) mass is 224 g/mol. The van der Waals surface area contributed by atoms with E-state index in [9.17, 15) is 17.6 Å². The highest BCUT2D eigenvalue weighted by Crippen LogP contribution is 2.30. The first-order valence-electron chi connectivity index (χ1n) is 4.39. The summed E-state index contributed by atoms with van der Waals surface area (Å²) in [7, 11) is -3.28. The second-order valence-corrected chi connectivity index (χ2v) is 5.95. The summed E-state index contributed by atoms with van der Waals surface area (Å²) in [6.45, 7) is 1.31. The predicted octanol–water partition coefficient (Wildman–Crippen LogP) is 0.480. The molecule has 0 aromatic rings. The summed E-state index contributed by atoms with van der Waals surface area (Å²) in [5, 5.41) is 8.74. The second-order valence-electron chi connectivity index (χ2n) is 3.80. The average molecular weight is 224 g/mol. The van der Waals surface area contributed by atoms with E-state index in [1.165, 1.54) is 6.92 Å². The number of carboxylic acids is 1. The lowest BCUT2D eigenvalue weighted by molar-refractivity contribution is -0.142. The van der Waals surface area contributed by atoms with E-state index in [0.29, 0.717) is 0 Å². The van der Waals surface area contributed by atoms with Crippen LogP contribution in [0.25, 0.3) is 0 Å². The van der Waals surface area contributed by atoms with Gasteiger partial charge >= 0.3 is 5.97 Å². The number of halogens is 1. The number of alkyl halides is 1. The summed E-state index contributed by atoms with van der Waals surface area (Å²) < 4.78 is 35.0. The van der Waals surface area contributed by atoms with E-state index in [0.717, 1.165) is 0 Å². The highest BCUT2D eigenvalue weighted by molar-refractivity contribution is 7.91. The van der Waals surface area contributed by atoms with Gasteiger partial charge in [0.05, 0.1) is 23.6 Å². The third-order valence-corrected chi connectivity index (χ3v) is 4.22. The van der Waals surface area contributed by atoms with Crippen LogP contribution in [-0.2, 0) is 14.6 Å². The molecule has 1 aliphatic heterocycles. The van der Waals surface area contributed by atoms with E-state index in [-0.39, 0.29) is 17.9 Å². The normalized spacial score (nSPS) is 32.7. The van der Waals surface area contributed by atoms with E-state index >= 15 is 0 Å². The van der Waals surface area contributed by atoms with Crippen LogP contribution < -0.4 is 0 Å². The van der Waals surface area contributed by atoms with E-state index in [2.05, 4.69) is 0 Å². The van der Waals surface area contributed by atoms with Crippen molar-refractivity contribution in [3.05, 3.63) is 0 Å². The molecule has 0 radical (unpaired) electrons. The van der Waals surface area contributed by atoms with Crippen molar-refractivity contribution in [2.24, 2.45) is 11.8 Å². The van der Waals surface area contributed by atoms with Crippen molar-refractivity contribution >= 4 is 15.8 Å². The molecule has 3 unspecified atom stereocenters. The van der Waals surface area contributed by atoms with Crippen LogP contribution in [0.3, 0.4) is 0 Å². The van der Waals surface area contributed by atoms with Crippen LogP contribution in [0.5, 0.6) is 0 Å². The third-order valence-electron chi connectivity index (χ3n) is 2.42. The number of carbonyl (C=O) groups is 1. The zero-order valence-electron chi connectivity index (χ0n) is 7.81. The predicted molar refractivity (Wildman–Crippen MR) is 48.5 cm³/mol. The molecule has 0 saturated carbocycles. The van der Waals surface area contributed by atoms with Gasteiger partial charge in [-0.25, -0.2) is 12.8 Å². The molecule has 0 aromatic carbocycles. The SMILES string of the molecule is CC(F)CC1CS(=O)(=O)CC1C(=O)O. The van der Waals surface area contributed by atoms with Crippen molar-refractivity contribution in [1.82, 2.24) is 0 Å². The standard InChI is InChI=1S/C8H13FO4S/c1-5(9)2-6-3-14(12,13)4-7(6)8(10)11/h5-7H,2-4H2,1H3,(H,10,11). The van der Waals surface area contributed by atoms with Gasteiger partial charge in [-0.2, -0.15) is 0 Å². The molecular weight excluding hydrogens is 211 g/mol. The molecule has 3 atom stereocenters. The van der Waals surface area contributed by atoms with Crippen LogP contribution in [0.15, 0.2) is 0 Å². The van der Waals surface area contributed by atoms with Gasteiger partial charge in [-0.1, -0.05) is 0 Å². The topological polar surface area (TPSA) is 71.4 Å². The van der Waals surface area contributed by atoms with Crippen LogP contribution in [0, 0.1) is 11.8 Å². The minimum absolute atomic E-state index is 0.0101. The maximum absolute atomic E-state index is 12.7. The van der Waals surface area contributed by atoms with Gasteiger partial charge in [-0.15, -0.1) is 0 Å². The van der Waals surface area contributed by atoms with Crippen molar-refractivity contribution in [2.75, 3.05) is 11.5 Å². The van der Waals surface area contributed by atoms with Gasteiger partial charge in [0.25, 0.3) is 0 Å². The van der Waals surface area contributed by atoms with Crippen LogP contribution in [0.2, 0.25) is 0 Å². The Morgan fingerprint density at radius 2 is 2.14 bits per heavy atom. The van der Waals surface area contributed by atoms with Gasteiger partial charge in [0, 0.05) is 0 Å². The molecule has 1 N–H and O–H groups in total. The third kappa shape index (κ3) is 2.67. The molecule has 0 bridgehead atoms. The molecule has 4 nitrogen and oxygen atoms in total. The Hall–Kier alpha value is -0.650. The molecule has 0 amide bonds. The molecule has 82 valence electrons. The van der Waals surface area contributed by atoms with Crippen molar-refractivity contribution in [1.29, 1.82) is 0 Å². The summed E-state index contributed by atoms with van der Waals surface area (Å²) in [5.74, 6) is -3.19. The van der Waals surface area contributed by atoms with E-state index in [1.54, 1.807) is 0 Å². The largest absolute Gasteiger partial charge is 0.481 e. The number of sulfone groups is 1. The lowest BCUT2D eigenvalue weighted by atomic mass is 9.91. The fourth-order valence-corrected chi connectivity index (χ4v) is 3.96. The van der Waals surface area contributed by atoms with Gasteiger partial charge in [0.2, 0.25) is 0 Å². The van der Waals surface area contributed by atoms with E-state index in [1.807, 2.05) is 0 Å².